The second-order valence-electron chi connectivity index (χ2n) is 6.21. The van der Waals surface area contributed by atoms with E-state index in [-0.39, 0.29) is 24.4 Å². The van der Waals surface area contributed by atoms with Gasteiger partial charge in [0.2, 0.25) is 5.91 Å². The second-order valence-corrected chi connectivity index (χ2v) is 8.32. The first kappa shape index (κ1) is 20.5. The lowest BCUT2D eigenvalue weighted by molar-refractivity contribution is -0.122. The largest absolute Gasteiger partial charge is 0.352 e. The fraction of sp³-hybridized carbons (Fsp3) is 0.421. The molecule has 0 aliphatic carbocycles. The molecule has 5 nitrogen and oxygen atoms in total. The summed E-state index contributed by atoms with van der Waals surface area (Å²) < 4.78 is 0. The van der Waals surface area contributed by atoms with Crippen molar-refractivity contribution in [3.63, 3.8) is 0 Å². The van der Waals surface area contributed by atoms with E-state index in [1.54, 1.807) is 28.0 Å². The van der Waals surface area contributed by atoms with Crippen LogP contribution in [0, 0.1) is 6.92 Å². The first-order valence-electron chi connectivity index (χ1n) is 8.61. The maximum atomic E-state index is 12.6. The zero-order valence-corrected chi connectivity index (χ0v) is 17.2. The number of nitrogens with one attached hydrogen (secondary N) is 1. The smallest absolute Gasteiger partial charge is 0.254 e. The predicted molar refractivity (Wildman–Crippen MR) is 108 cm³/mol. The fourth-order valence-electron chi connectivity index (χ4n) is 2.38. The van der Waals surface area contributed by atoms with Gasteiger partial charge in [-0.05, 0) is 52.0 Å². The van der Waals surface area contributed by atoms with E-state index >= 15 is 0 Å². The number of thioether (sulfide) groups is 1. The highest BCUT2D eigenvalue weighted by Crippen LogP contribution is 2.24. The van der Waals surface area contributed by atoms with Gasteiger partial charge in [0.25, 0.3) is 5.91 Å². The van der Waals surface area contributed by atoms with Crippen LogP contribution >= 0.6 is 23.1 Å². The Kier molecular flexibility index (Phi) is 7.66. The van der Waals surface area contributed by atoms with E-state index in [1.165, 1.54) is 0 Å². The number of aromatic nitrogens is 1. The standard InChI is InChI=1S/C19H25N3O2S2/c1-5-22(10-18(23)20-13(2)3)19(24)15-6-8-17(9-7-15)26-12-16-11-25-14(4)21-16/h6-9,11,13H,5,10,12H2,1-4H3,(H,20,23). The second kappa shape index (κ2) is 9.73. The Bertz CT molecular complexity index is 741. The van der Waals surface area contributed by atoms with E-state index in [2.05, 4.69) is 15.7 Å². The average Bonchev–Trinajstić information content (AvgIpc) is 3.02. The Morgan fingerprint density at radius 2 is 1.96 bits per heavy atom. The van der Waals surface area contributed by atoms with Gasteiger partial charge in [0.1, 0.15) is 0 Å². The molecule has 0 atom stereocenters. The molecule has 0 fully saturated rings. The Balaban J connectivity index is 1.94. The van der Waals surface area contributed by atoms with Crippen LogP contribution in [0.4, 0.5) is 0 Å². The number of hydrogen-bond donors (Lipinski definition) is 1. The molecule has 2 rings (SSSR count). The number of hydrogen-bond acceptors (Lipinski definition) is 5. The Morgan fingerprint density at radius 1 is 1.27 bits per heavy atom. The first-order chi connectivity index (χ1) is 12.4. The Labute approximate surface area is 163 Å². The predicted octanol–water partition coefficient (Wildman–Crippen LogP) is 3.73. The molecule has 7 heteroatoms. The summed E-state index contributed by atoms with van der Waals surface area (Å²) in [5.74, 6) is 0.549. The van der Waals surface area contributed by atoms with Crippen molar-refractivity contribution < 1.29 is 9.59 Å². The van der Waals surface area contributed by atoms with Gasteiger partial charge >= 0.3 is 0 Å². The minimum Gasteiger partial charge on any atom is -0.352 e. The number of thiazole rings is 1. The van der Waals surface area contributed by atoms with Crippen LogP contribution < -0.4 is 5.32 Å². The minimum atomic E-state index is -0.138. The third-order valence-corrected chi connectivity index (χ3v) is 5.48. The van der Waals surface area contributed by atoms with Crippen LogP contribution in [-0.2, 0) is 10.5 Å². The van der Waals surface area contributed by atoms with E-state index in [0.717, 1.165) is 21.3 Å². The van der Waals surface area contributed by atoms with Crippen LogP contribution in [0.25, 0.3) is 0 Å². The summed E-state index contributed by atoms with van der Waals surface area (Å²) >= 11 is 3.35. The highest BCUT2D eigenvalue weighted by molar-refractivity contribution is 7.98. The fourth-order valence-corrected chi connectivity index (χ4v) is 3.89. The first-order valence-corrected chi connectivity index (χ1v) is 10.5. The summed E-state index contributed by atoms with van der Waals surface area (Å²) in [5.41, 5.74) is 1.67. The number of aryl methyl sites for hydroxylation is 1. The van der Waals surface area contributed by atoms with E-state index in [9.17, 15) is 9.59 Å². The van der Waals surface area contributed by atoms with Gasteiger partial charge < -0.3 is 10.2 Å². The van der Waals surface area contributed by atoms with Gasteiger partial charge in [-0.3, -0.25) is 9.59 Å². The maximum absolute atomic E-state index is 12.6. The number of carbonyl (C=O) groups excluding carboxylic acids is 2. The number of amides is 2. The third kappa shape index (κ3) is 6.14. The highest BCUT2D eigenvalue weighted by Gasteiger charge is 2.17. The Morgan fingerprint density at radius 3 is 2.50 bits per heavy atom. The van der Waals surface area contributed by atoms with Gasteiger partial charge in [0.05, 0.1) is 17.2 Å². The molecule has 0 radical (unpaired) electrons. The molecule has 0 bridgehead atoms. The molecule has 0 unspecified atom stereocenters. The van der Waals surface area contributed by atoms with Crippen molar-refractivity contribution in [2.24, 2.45) is 0 Å². The van der Waals surface area contributed by atoms with Crippen LogP contribution in [-0.4, -0.2) is 40.8 Å². The molecule has 1 N–H and O–H groups in total. The summed E-state index contributed by atoms with van der Waals surface area (Å²) in [7, 11) is 0. The van der Waals surface area contributed by atoms with Gasteiger partial charge in [-0.25, -0.2) is 4.98 Å². The van der Waals surface area contributed by atoms with Gasteiger partial charge in [-0.1, -0.05) is 0 Å². The van der Waals surface area contributed by atoms with Crippen LogP contribution in [0.2, 0.25) is 0 Å². The molecule has 26 heavy (non-hydrogen) atoms. The number of benzene rings is 1. The molecule has 2 aromatic rings. The van der Waals surface area contributed by atoms with Crippen molar-refractivity contribution in [3.05, 3.63) is 45.9 Å². The van der Waals surface area contributed by atoms with Crippen LogP contribution in [0.1, 0.15) is 41.8 Å². The van der Waals surface area contributed by atoms with Crippen molar-refractivity contribution >= 4 is 34.9 Å². The summed E-state index contributed by atoms with van der Waals surface area (Å²) in [6.45, 7) is 8.25. The topological polar surface area (TPSA) is 62.3 Å². The van der Waals surface area contributed by atoms with Crippen molar-refractivity contribution in [3.8, 4) is 0 Å². The van der Waals surface area contributed by atoms with E-state index in [0.29, 0.717) is 12.1 Å². The summed E-state index contributed by atoms with van der Waals surface area (Å²) in [6, 6.07) is 7.59. The summed E-state index contributed by atoms with van der Waals surface area (Å²) in [6.07, 6.45) is 0. The summed E-state index contributed by atoms with van der Waals surface area (Å²) in [5, 5.41) is 5.96. The summed E-state index contributed by atoms with van der Waals surface area (Å²) in [4.78, 5) is 31.6. The molecule has 1 aromatic heterocycles. The maximum Gasteiger partial charge on any atom is 0.254 e. The van der Waals surface area contributed by atoms with Crippen molar-refractivity contribution in [2.75, 3.05) is 13.1 Å². The lowest BCUT2D eigenvalue weighted by atomic mass is 10.2. The van der Waals surface area contributed by atoms with Gasteiger partial charge in [0, 0.05) is 34.2 Å². The minimum absolute atomic E-state index is 0.0640. The lowest BCUT2D eigenvalue weighted by Gasteiger charge is -2.21. The third-order valence-electron chi connectivity index (χ3n) is 3.61. The van der Waals surface area contributed by atoms with Crippen molar-refractivity contribution in [2.45, 2.75) is 44.4 Å². The number of likely N-dealkylation sites (N-methyl/N-ethyl adjacent to an activating group) is 1. The number of carbonyl (C=O) groups is 2. The van der Waals surface area contributed by atoms with E-state index in [1.807, 2.05) is 52.0 Å². The van der Waals surface area contributed by atoms with Crippen LogP contribution in [0.5, 0.6) is 0 Å². The lowest BCUT2D eigenvalue weighted by Crippen LogP contribution is -2.42. The normalized spacial score (nSPS) is 10.8. The quantitative estimate of drug-likeness (QED) is 0.697. The van der Waals surface area contributed by atoms with E-state index in [4.69, 9.17) is 0 Å². The number of rotatable bonds is 8. The van der Waals surface area contributed by atoms with Crippen molar-refractivity contribution in [1.29, 1.82) is 0 Å². The van der Waals surface area contributed by atoms with Crippen LogP contribution in [0.3, 0.4) is 0 Å². The molecule has 1 heterocycles. The van der Waals surface area contributed by atoms with Crippen LogP contribution in [0.15, 0.2) is 34.5 Å². The molecule has 0 aliphatic heterocycles. The van der Waals surface area contributed by atoms with Gasteiger partial charge in [0.15, 0.2) is 0 Å². The SMILES string of the molecule is CCN(CC(=O)NC(C)C)C(=O)c1ccc(SCc2csc(C)n2)cc1. The highest BCUT2D eigenvalue weighted by atomic mass is 32.2. The molecule has 0 spiro atoms. The number of nitrogens with zero attached hydrogens (tertiary/aromatic N) is 2. The van der Waals surface area contributed by atoms with Gasteiger partial charge in [-0.2, -0.15) is 0 Å². The molecular formula is C19H25N3O2S2. The molecule has 0 aliphatic rings. The average molecular weight is 392 g/mol. The molecule has 1 aromatic carbocycles. The molecule has 0 saturated heterocycles. The monoisotopic (exact) mass is 391 g/mol. The molecule has 2 amide bonds. The molecule has 0 saturated carbocycles. The zero-order valence-electron chi connectivity index (χ0n) is 15.6. The molecule has 140 valence electrons. The molecular weight excluding hydrogens is 366 g/mol. The zero-order chi connectivity index (χ0) is 19.1. The van der Waals surface area contributed by atoms with E-state index < -0.39 is 0 Å². The van der Waals surface area contributed by atoms with Gasteiger partial charge in [-0.15, -0.1) is 23.1 Å². The Hall–Kier alpha value is -1.86. The van der Waals surface area contributed by atoms with Crippen molar-refractivity contribution in [1.82, 2.24) is 15.2 Å².